The van der Waals surface area contributed by atoms with Crippen molar-refractivity contribution in [3.05, 3.63) is 41.0 Å². The number of carbonyl (C=O) groups is 1. The van der Waals surface area contributed by atoms with Gasteiger partial charge in [-0.15, -0.1) is 0 Å². The minimum atomic E-state index is -0.0129. The lowest BCUT2D eigenvalue weighted by Gasteiger charge is -2.01. The van der Waals surface area contributed by atoms with Crippen LogP contribution in [-0.4, -0.2) is 12.5 Å². The van der Waals surface area contributed by atoms with E-state index in [4.69, 9.17) is 5.26 Å². The Morgan fingerprint density at radius 2 is 2.29 bits per heavy atom. The van der Waals surface area contributed by atoms with Crippen LogP contribution in [0.2, 0.25) is 0 Å². The molecule has 0 aliphatic rings. The summed E-state index contributed by atoms with van der Waals surface area (Å²) in [5.41, 5.74) is 2.85. The average molecular weight is 228 g/mol. The second kappa shape index (κ2) is 6.49. The average Bonchev–Trinajstić information content (AvgIpc) is 2.30. The van der Waals surface area contributed by atoms with Crippen LogP contribution in [0, 0.1) is 18.3 Å². The first-order valence-corrected chi connectivity index (χ1v) is 5.55. The SMILES string of the molecule is CC(=O)NCCC=Cc1cc(C#N)ccc1C. The zero-order valence-corrected chi connectivity index (χ0v) is 10.2. The topological polar surface area (TPSA) is 52.9 Å². The third-order valence-electron chi connectivity index (χ3n) is 2.39. The first kappa shape index (κ1) is 13.0. The Balaban J connectivity index is 2.59. The third-order valence-corrected chi connectivity index (χ3v) is 2.39. The summed E-state index contributed by atoms with van der Waals surface area (Å²) < 4.78 is 0. The number of aryl methyl sites for hydroxylation is 1. The van der Waals surface area contributed by atoms with Crippen molar-refractivity contribution in [1.82, 2.24) is 5.32 Å². The summed E-state index contributed by atoms with van der Waals surface area (Å²) in [6.07, 6.45) is 4.77. The van der Waals surface area contributed by atoms with Crippen molar-refractivity contribution >= 4 is 12.0 Å². The van der Waals surface area contributed by atoms with E-state index in [9.17, 15) is 4.79 Å². The van der Waals surface area contributed by atoms with Gasteiger partial charge in [0.2, 0.25) is 5.91 Å². The van der Waals surface area contributed by atoms with E-state index >= 15 is 0 Å². The lowest BCUT2D eigenvalue weighted by Crippen LogP contribution is -2.20. The summed E-state index contributed by atoms with van der Waals surface area (Å²) in [6.45, 7) is 4.15. The molecule has 1 amide bonds. The number of benzene rings is 1. The highest BCUT2D eigenvalue weighted by atomic mass is 16.1. The molecule has 0 radical (unpaired) electrons. The lowest BCUT2D eigenvalue weighted by atomic mass is 10.0. The molecule has 0 spiro atoms. The van der Waals surface area contributed by atoms with Crippen molar-refractivity contribution < 1.29 is 4.79 Å². The Kier molecular flexibility index (Phi) is 4.96. The van der Waals surface area contributed by atoms with Gasteiger partial charge in [0, 0.05) is 13.5 Å². The molecular formula is C14H16N2O. The second-order valence-corrected chi connectivity index (χ2v) is 3.86. The highest BCUT2D eigenvalue weighted by Gasteiger charge is 1.96. The smallest absolute Gasteiger partial charge is 0.216 e. The zero-order valence-electron chi connectivity index (χ0n) is 10.2. The summed E-state index contributed by atoms with van der Waals surface area (Å²) >= 11 is 0. The standard InChI is InChI=1S/C14H16N2O/c1-11-6-7-13(10-15)9-14(11)5-3-4-8-16-12(2)17/h3,5-7,9H,4,8H2,1-2H3,(H,16,17). The van der Waals surface area contributed by atoms with Gasteiger partial charge in [-0.2, -0.15) is 5.26 Å². The Labute approximate surface area is 102 Å². The van der Waals surface area contributed by atoms with E-state index < -0.39 is 0 Å². The molecule has 0 aliphatic carbocycles. The fourth-order valence-corrected chi connectivity index (χ4v) is 1.43. The maximum Gasteiger partial charge on any atom is 0.216 e. The predicted molar refractivity (Wildman–Crippen MR) is 68.2 cm³/mol. The van der Waals surface area contributed by atoms with Crippen LogP contribution in [-0.2, 0) is 4.79 Å². The normalized spacial score (nSPS) is 10.2. The van der Waals surface area contributed by atoms with Crippen LogP contribution in [0.15, 0.2) is 24.3 Å². The molecular weight excluding hydrogens is 212 g/mol. The molecule has 88 valence electrons. The molecule has 0 fully saturated rings. The minimum absolute atomic E-state index is 0.0129. The molecule has 0 heterocycles. The van der Waals surface area contributed by atoms with E-state index in [1.807, 2.05) is 37.3 Å². The molecule has 3 heteroatoms. The van der Waals surface area contributed by atoms with Crippen LogP contribution in [0.4, 0.5) is 0 Å². The van der Waals surface area contributed by atoms with Gasteiger partial charge in [0.05, 0.1) is 11.6 Å². The molecule has 0 saturated heterocycles. The third kappa shape index (κ3) is 4.52. The van der Waals surface area contributed by atoms with Gasteiger partial charge >= 0.3 is 0 Å². The Hall–Kier alpha value is -2.08. The van der Waals surface area contributed by atoms with Crippen molar-refractivity contribution in [3.8, 4) is 6.07 Å². The van der Waals surface area contributed by atoms with Gasteiger partial charge in [-0.25, -0.2) is 0 Å². The van der Waals surface area contributed by atoms with Crippen LogP contribution in [0.1, 0.15) is 30.0 Å². The molecule has 0 atom stereocenters. The Morgan fingerprint density at radius 3 is 2.94 bits per heavy atom. The minimum Gasteiger partial charge on any atom is -0.356 e. The number of nitrogens with zero attached hydrogens (tertiary/aromatic N) is 1. The van der Waals surface area contributed by atoms with Gasteiger partial charge in [0.15, 0.2) is 0 Å². The van der Waals surface area contributed by atoms with Crippen LogP contribution in [0.25, 0.3) is 6.08 Å². The van der Waals surface area contributed by atoms with Crippen LogP contribution in [0.5, 0.6) is 0 Å². The van der Waals surface area contributed by atoms with Crippen molar-refractivity contribution in [2.45, 2.75) is 20.3 Å². The Bertz CT molecular complexity index is 470. The van der Waals surface area contributed by atoms with Gasteiger partial charge in [0.25, 0.3) is 0 Å². The summed E-state index contributed by atoms with van der Waals surface area (Å²) in [7, 11) is 0. The molecule has 0 saturated carbocycles. The molecule has 1 aromatic rings. The number of hydrogen-bond donors (Lipinski definition) is 1. The molecule has 1 aromatic carbocycles. The number of carbonyl (C=O) groups excluding carboxylic acids is 1. The molecule has 0 aliphatic heterocycles. The molecule has 0 unspecified atom stereocenters. The summed E-state index contributed by atoms with van der Waals surface area (Å²) in [5, 5.41) is 11.5. The predicted octanol–water partition coefficient (Wildman–Crippen LogP) is 2.41. The van der Waals surface area contributed by atoms with Crippen LogP contribution < -0.4 is 5.32 Å². The van der Waals surface area contributed by atoms with E-state index in [-0.39, 0.29) is 5.91 Å². The number of nitriles is 1. The highest BCUT2D eigenvalue weighted by Crippen LogP contribution is 2.12. The van der Waals surface area contributed by atoms with Gasteiger partial charge in [-0.05, 0) is 36.6 Å². The number of hydrogen-bond acceptors (Lipinski definition) is 2. The van der Waals surface area contributed by atoms with E-state index in [2.05, 4.69) is 11.4 Å². The van der Waals surface area contributed by atoms with Gasteiger partial charge in [-0.1, -0.05) is 18.2 Å². The molecule has 1 N–H and O–H groups in total. The number of rotatable bonds is 4. The van der Waals surface area contributed by atoms with E-state index in [0.29, 0.717) is 12.1 Å². The van der Waals surface area contributed by atoms with E-state index in [1.165, 1.54) is 6.92 Å². The van der Waals surface area contributed by atoms with Crippen molar-refractivity contribution in [1.29, 1.82) is 5.26 Å². The maximum absolute atomic E-state index is 10.6. The molecule has 1 rings (SSSR count). The van der Waals surface area contributed by atoms with Crippen LogP contribution >= 0.6 is 0 Å². The number of amides is 1. The van der Waals surface area contributed by atoms with E-state index in [1.54, 1.807) is 0 Å². The molecule has 3 nitrogen and oxygen atoms in total. The van der Waals surface area contributed by atoms with E-state index in [0.717, 1.165) is 17.5 Å². The van der Waals surface area contributed by atoms with Gasteiger partial charge < -0.3 is 5.32 Å². The monoisotopic (exact) mass is 228 g/mol. The highest BCUT2D eigenvalue weighted by molar-refractivity contribution is 5.72. The van der Waals surface area contributed by atoms with Crippen molar-refractivity contribution in [2.75, 3.05) is 6.54 Å². The first-order chi connectivity index (χ1) is 8.13. The lowest BCUT2D eigenvalue weighted by molar-refractivity contribution is -0.118. The molecule has 17 heavy (non-hydrogen) atoms. The summed E-state index contributed by atoms with van der Waals surface area (Å²) in [5.74, 6) is -0.0129. The van der Waals surface area contributed by atoms with Gasteiger partial charge in [-0.3, -0.25) is 4.79 Å². The molecule has 0 aromatic heterocycles. The maximum atomic E-state index is 10.6. The van der Waals surface area contributed by atoms with Crippen LogP contribution in [0.3, 0.4) is 0 Å². The van der Waals surface area contributed by atoms with Crippen molar-refractivity contribution in [2.24, 2.45) is 0 Å². The van der Waals surface area contributed by atoms with Gasteiger partial charge in [0.1, 0.15) is 0 Å². The summed E-state index contributed by atoms with van der Waals surface area (Å²) in [4.78, 5) is 10.6. The summed E-state index contributed by atoms with van der Waals surface area (Å²) in [6, 6.07) is 7.73. The first-order valence-electron chi connectivity index (χ1n) is 5.55. The second-order valence-electron chi connectivity index (χ2n) is 3.86. The molecule has 0 bridgehead atoms. The Morgan fingerprint density at radius 1 is 1.53 bits per heavy atom. The fourth-order valence-electron chi connectivity index (χ4n) is 1.43. The zero-order chi connectivity index (χ0) is 12.7. The quantitative estimate of drug-likeness (QED) is 0.804. The fraction of sp³-hybridized carbons (Fsp3) is 0.286. The largest absolute Gasteiger partial charge is 0.356 e. The number of nitrogens with one attached hydrogen (secondary N) is 1. The van der Waals surface area contributed by atoms with Crippen molar-refractivity contribution in [3.63, 3.8) is 0 Å².